The third-order valence-electron chi connectivity index (χ3n) is 3.95. The quantitative estimate of drug-likeness (QED) is 0.723. The lowest BCUT2D eigenvalue weighted by atomic mass is 9.59. The molecule has 0 aliphatic heterocycles. The van der Waals surface area contributed by atoms with E-state index in [-0.39, 0.29) is 23.7 Å². The molecule has 1 atom stereocenters. The number of aliphatic hydroxyl groups is 1. The molecule has 88 valence electrons. The number of benzene rings is 1. The Bertz CT molecular complexity index is 355. The van der Waals surface area contributed by atoms with Gasteiger partial charge in [-0.25, -0.2) is 0 Å². The minimum atomic E-state index is -0.104. The van der Waals surface area contributed by atoms with Gasteiger partial charge in [0, 0.05) is 17.9 Å². The first-order valence-corrected chi connectivity index (χ1v) is 5.82. The molecule has 1 saturated carbocycles. The molecule has 1 aromatic carbocycles. The molecule has 1 aliphatic rings. The zero-order valence-electron chi connectivity index (χ0n) is 9.39. The van der Waals surface area contributed by atoms with E-state index < -0.39 is 0 Å². The highest BCUT2D eigenvalue weighted by Gasteiger charge is 2.44. The molecular formula is C13H19NO2. The van der Waals surface area contributed by atoms with Crippen molar-refractivity contribution in [1.82, 2.24) is 0 Å². The SMILES string of the molecule is NCC(c1ccccc1O)C1(CO)CCC1. The molecule has 16 heavy (non-hydrogen) atoms. The minimum Gasteiger partial charge on any atom is -0.508 e. The van der Waals surface area contributed by atoms with Crippen LogP contribution in [0.15, 0.2) is 24.3 Å². The van der Waals surface area contributed by atoms with E-state index in [0.717, 1.165) is 24.8 Å². The predicted molar refractivity (Wildman–Crippen MR) is 63.3 cm³/mol. The third kappa shape index (κ3) is 1.70. The van der Waals surface area contributed by atoms with Gasteiger partial charge >= 0.3 is 0 Å². The molecule has 1 unspecified atom stereocenters. The van der Waals surface area contributed by atoms with Crippen molar-refractivity contribution >= 4 is 0 Å². The lowest BCUT2D eigenvalue weighted by molar-refractivity contribution is 0.0185. The maximum absolute atomic E-state index is 9.85. The van der Waals surface area contributed by atoms with Crippen molar-refractivity contribution in [2.45, 2.75) is 25.2 Å². The summed E-state index contributed by atoms with van der Waals surface area (Å²) in [5.74, 6) is 0.352. The van der Waals surface area contributed by atoms with Crippen LogP contribution in [0.3, 0.4) is 0 Å². The van der Waals surface area contributed by atoms with Crippen LogP contribution in [0.5, 0.6) is 5.75 Å². The van der Waals surface area contributed by atoms with Crippen molar-refractivity contribution in [3.8, 4) is 5.75 Å². The summed E-state index contributed by atoms with van der Waals surface area (Å²) >= 11 is 0. The van der Waals surface area contributed by atoms with Crippen molar-refractivity contribution in [2.24, 2.45) is 11.1 Å². The maximum atomic E-state index is 9.85. The monoisotopic (exact) mass is 221 g/mol. The lowest BCUT2D eigenvalue weighted by Gasteiger charge is -2.46. The zero-order chi connectivity index (χ0) is 11.6. The average Bonchev–Trinajstić information content (AvgIpc) is 2.25. The van der Waals surface area contributed by atoms with Gasteiger partial charge in [0.25, 0.3) is 0 Å². The van der Waals surface area contributed by atoms with E-state index in [1.807, 2.05) is 12.1 Å². The molecule has 0 radical (unpaired) electrons. The standard InChI is InChI=1S/C13H19NO2/c14-8-11(13(9-15)6-3-7-13)10-4-1-2-5-12(10)16/h1-2,4-5,11,15-16H,3,6-9,14H2. The molecule has 1 aliphatic carbocycles. The Morgan fingerprint density at radius 2 is 2.00 bits per heavy atom. The van der Waals surface area contributed by atoms with Crippen LogP contribution in [0, 0.1) is 5.41 Å². The van der Waals surface area contributed by atoms with Gasteiger partial charge in [0.2, 0.25) is 0 Å². The van der Waals surface area contributed by atoms with Gasteiger partial charge in [0.1, 0.15) is 5.75 Å². The van der Waals surface area contributed by atoms with E-state index in [2.05, 4.69) is 0 Å². The number of aromatic hydroxyl groups is 1. The molecule has 0 bridgehead atoms. The molecule has 0 heterocycles. The Morgan fingerprint density at radius 1 is 1.31 bits per heavy atom. The summed E-state index contributed by atoms with van der Waals surface area (Å²) in [7, 11) is 0. The van der Waals surface area contributed by atoms with Crippen molar-refractivity contribution in [2.75, 3.05) is 13.2 Å². The number of nitrogens with two attached hydrogens (primary N) is 1. The first kappa shape index (κ1) is 11.4. The molecule has 0 aromatic heterocycles. The minimum absolute atomic E-state index is 0.0625. The zero-order valence-corrected chi connectivity index (χ0v) is 9.39. The molecule has 3 heteroatoms. The highest BCUT2D eigenvalue weighted by atomic mass is 16.3. The fourth-order valence-corrected chi connectivity index (χ4v) is 2.74. The Morgan fingerprint density at radius 3 is 2.44 bits per heavy atom. The molecule has 0 amide bonds. The maximum Gasteiger partial charge on any atom is 0.119 e. The molecule has 1 fully saturated rings. The van der Waals surface area contributed by atoms with Gasteiger partial charge < -0.3 is 15.9 Å². The number of para-hydroxylation sites is 1. The number of aliphatic hydroxyl groups excluding tert-OH is 1. The van der Waals surface area contributed by atoms with Crippen molar-refractivity contribution in [3.05, 3.63) is 29.8 Å². The summed E-state index contributed by atoms with van der Waals surface area (Å²) in [6, 6.07) is 7.30. The molecule has 3 nitrogen and oxygen atoms in total. The summed E-state index contributed by atoms with van der Waals surface area (Å²) < 4.78 is 0. The largest absolute Gasteiger partial charge is 0.508 e. The van der Waals surface area contributed by atoms with Crippen molar-refractivity contribution < 1.29 is 10.2 Å². The topological polar surface area (TPSA) is 66.5 Å². The van der Waals surface area contributed by atoms with Crippen LogP contribution < -0.4 is 5.73 Å². The normalized spacial score (nSPS) is 20.1. The van der Waals surface area contributed by atoms with Crippen LogP contribution >= 0.6 is 0 Å². The van der Waals surface area contributed by atoms with E-state index in [1.54, 1.807) is 12.1 Å². The fraction of sp³-hybridized carbons (Fsp3) is 0.538. The second-order valence-corrected chi connectivity index (χ2v) is 4.72. The average molecular weight is 221 g/mol. The summed E-state index contributed by atoms with van der Waals surface area (Å²) in [5, 5.41) is 19.4. The van der Waals surface area contributed by atoms with E-state index >= 15 is 0 Å². The number of rotatable bonds is 4. The predicted octanol–water partition coefficient (Wildman–Crippen LogP) is 1.60. The van der Waals surface area contributed by atoms with Crippen LogP contribution in [0.25, 0.3) is 0 Å². The Kier molecular flexibility index (Phi) is 3.17. The summed E-state index contributed by atoms with van der Waals surface area (Å²) in [5.41, 5.74) is 6.59. The summed E-state index contributed by atoms with van der Waals surface area (Å²) in [6.45, 7) is 0.626. The second-order valence-electron chi connectivity index (χ2n) is 4.72. The van der Waals surface area contributed by atoms with Crippen LogP contribution in [0.4, 0.5) is 0 Å². The van der Waals surface area contributed by atoms with Gasteiger partial charge in [-0.1, -0.05) is 24.6 Å². The smallest absolute Gasteiger partial charge is 0.119 e. The number of phenolic OH excluding ortho intramolecular Hbond substituents is 1. The van der Waals surface area contributed by atoms with E-state index in [4.69, 9.17) is 5.73 Å². The van der Waals surface area contributed by atoms with Crippen molar-refractivity contribution in [1.29, 1.82) is 0 Å². The second kappa shape index (κ2) is 4.44. The molecule has 0 spiro atoms. The Balaban J connectivity index is 2.32. The third-order valence-corrected chi connectivity index (χ3v) is 3.95. The van der Waals surface area contributed by atoms with Gasteiger partial charge in [-0.2, -0.15) is 0 Å². The van der Waals surface area contributed by atoms with Crippen LogP contribution in [0.2, 0.25) is 0 Å². The van der Waals surface area contributed by atoms with Crippen LogP contribution in [-0.2, 0) is 0 Å². The molecule has 4 N–H and O–H groups in total. The van der Waals surface area contributed by atoms with Crippen LogP contribution in [-0.4, -0.2) is 23.4 Å². The van der Waals surface area contributed by atoms with E-state index in [9.17, 15) is 10.2 Å². The van der Waals surface area contributed by atoms with Gasteiger partial charge in [0.05, 0.1) is 0 Å². The first-order chi connectivity index (χ1) is 7.73. The molecule has 0 saturated heterocycles. The van der Waals surface area contributed by atoms with E-state index in [0.29, 0.717) is 6.54 Å². The Labute approximate surface area is 95.9 Å². The summed E-state index contributed by atoms with van der Waals surface area (Å²) in [4.78, 5) is 0. The van der Waals surface area contributed by atoms with Gasteiger partial charge in [-0.05, 0) is 31.0 Å². The van der Waals surface area contributed by atoms with Crippen LogP contribution in [0.1, 0.15) is 30.7 Å². The molecule has 2 rings (SSSR count). The lowest BCUT2D eigenvalue weighted by Crippen LogP contribution is -2.42. The molecule has 1 aromatic rings. The van der Waals surface area contributed by atoms with Gasteiger partial charge in [-0.15, -0.1) is 0 Å². The fourth-order valence-electron chi connectivity index (χ4n) is 2.74. The highest BCUT2D eigenvalue weighted by molar-refractivity contribution is 5.37. The van der Waals surface area contributed by atoms with Gasteiger partial charge in [0.15, 0.2) is 0 Å². The van der Waals surface area contributed by atoms with Crippen molar-refractivity contribution in [3.63, 3.8) is 0 Å². The first-order valence-electron chi connectivity index (χ1n) is 5.82. The van der Waals surface area contributed by atoms with E-state index in [1.165, 1.54) is 0 Å². The number of hydrogen-bond acceptors (Lipinski definition) is 3. The number of hydrogen-bond donors (Lipinski definition) is 3. The Hall–Kier alpha value is -1.06. The number of phenols is 1. The van der Waals surface area contributed by atoms with Gasteiger partial charge in [-0.3, -0.25) is 0 Å². The molecular weight excluding hydrogens is 202 g/mol. The summed E-state index contributed by atoms with van der Waals surface area (Å²) in [6.07, 6.45) is 3.14. The highest BCUT2D eigenvalue weighted by Crippen LogP contribution is 2.51.